The fourth-order valence-corrected chi connectivity index (χ4v) is 3.86. The van der Waals surface area contributed by atoms with Crippen molar-refractivity contribution in [2.75, 3.05) is 18.8 Å². The molecule has 0 bridgehead atoms. The first-order valence-electron chi connectivity index (χ1n) is 9.88. The number of nitrogens with two attached hydrogens (primary N) is 1. The van der Waals surface area contributed by atoms with Gasteiger partial charge in [0.25, 0.3) is 0 Å². The van der Waals surface area contributed by atoms with Crippen molar-refractivity contribution in [2.45, 2.75) is 39.0 Å². The van der Waals surface area contributed by atoms with Crippen LogP contribution in [0.1, 0.15) is 41.5 Å². The first kappa shape index (κ1) is 19.1. The molecule has 4 heterocycles. The molecule has 1 aliphatic heterocycles. The summed E-state index contributed by atoms with van der Waals surface area (Å²) in [6.45, 7) is 5.20. The predicted molar refractivity (Wildman–Crippen MR) is 110 cm³/mol. The second-order valence-corrected chi connectivity index (χ2v) is 7.60. The van der Waals surface area contributed by atoms with Crippen LogP contribution in [0.25, 0.3) is 11.1 Å². The minimum Gasteiger partial charge on any atom is -0.384 e. The zero-order valence-electron chi connectivity index (χ0n) is 16.8. The molecule has 1 aliphatic rings. The Morgan fingerprint density at radius 2 is 1.93 bits per heavy atom. The molecular weight excluding hydrogens is 366 g/mol. The van der Waals surface area contributed by atoms with E-state index in [9.17, 15) is 4.79 Å². The van der Waals surface area contributed by atoms with Gasteiger partial charge in [-0.1, -0.05) is 11.2 Å². The maximum atomic E-state index is 12.8. The topological polar surface area (TPSA) is 98.1 Å². The van der Waals surface area contributed by atoms with Crippen LogP contribution < -0.4 is 5.73 Å². The quantitative estimate of drug-likeness (QED) is 0.733. The van der Waals surface area contributed by atoms with Crippen LogP contribution in [-0.2, 0) is 11.2 Å². The lowest BCUT2D eigenvalue weighted by atomic mass is 9.93. The molecule has 7 nitrogen and oxygen atoms in total. The molecule has 3 aromatic heterocycles. The molecule has 0 aromatic carbocycles. The number of hydrogen-bond donors (Lipinski definition) is 1. The van der Waals surface area contributed by atoms with Crippen LogP contribution in [0, 0.1) is 13.8 Å². The second kappa shape index (κ2) is 8.03. The Bertz CT molecular complexity index is 976. The highest BCUT2D eigenvalue weighted by Gasteiger charge is 2.26. The molecule has 1 amide bonds. The number of likely N-dealkylation sites (tertiary alicyclic amines) is 1. The number of carbonyl (C=O) groups is 1. The van der Waals surface area contributed by atoms with Gasteiger partial charge in [-0.15, -0.1) is 0 Å². The largest absolute Gasteiger partial charge is 0.384 e. The van der Waals surface area contributed by atoms with Crippen molar-refractivity contribution >= 4 is 11.7 Å². The van der Waals surface area contributed by atoms with Crippen LogP contribution in [0.15, 0.2) is 41.2 Å². The molecule has 0 spiro atoms. The van der Waals surface area contributed by atoms with Gasteiger partial charge in [-0.05, 0) is 44.9 Å². The van der Waals surface area contributed by atoms with E-state index in [1.54, 1.807) is 12.3 Å². The molecule has 1 saturated heterocycles. The van der Waals surface area contributed by atoms with E-state index in [0.29, 0.717) is 18.8 Å². The summed E-state index contributed by atoms with van der Waals surface area (Å²) in [5.41, 5.74) is 10.4. The number of aromatic nitrogens is 3. The lowest BCUT2D eigenvalue weighted by Gasteiger charge is -2.32. The molecule has 29 heavy (non-hydrogen) atoms. The maximum absolute atomic E-state index is 12.8. The number of nitrogens with zero attached hydrogens (tertiary/aromatic N) is 4. The van der Waals surface area contributed by atoms with Gasteiger partial charge in [0.05, 0.1) is 12.1 Å². The number of aryl methyl sites for hydroxylation is 2. The lowest BCUT2D eigenvalue weighted by molar-refractivity contribution is -0.131. The Labute approximate surface area is 169 Å². The van der Waals surface area contributed by atoms with E-state index in [1.807, 2.05) is 31.0 Å². The summed E-state index contributed by atoms with van der Waals surface area (Å²) in [5, 5.41) is 3.95. The molecular formula is C22H25N5O2. The van der Waals surface area contributed by atoms with Gasteiger partial charge in [-0.3, -0.25) is 9.78 Å². The van der Waals surface area contributed by atoms with Crippen molar-refractivity contribution in [1.82, 2.24) is 20.0 Å². The van der Waals surface area contributed by atoms with Crippen molar-refractivity contribution in [1.29, 1.82) is 0 Å². The zero-order valence-corrected chi connectivity index (χ0v) is 16.8. The van der Waals surface area contributed by atoms with Crippen molar-refractivity contribution < 1.29 is 9.32 Å². The van der Waals surface area contributed by atoms with Crippen LogP contribution in [-0.4, -0.2) is 39.0 Å². The smallest absolute Gasteiger partial charge is 0.227 e. The molecule has 1 unspecified atom stereocenters. The number of carbonyl (C=O) groups excluding carboxylic acids is 1. The summed E-state index contributed by atoms with van der Waals surface area (Å²) >= 11 is 0. The van der Waals surface area contributed by atoms with Crippen molar-refractivity contribution in [2.24, 2.45) is 0 Å². The average molecular weight is 391 g/mol. The van der Waals surface area contributed by atoms with E-state index in [4.69, 9.17) is 10.3 Å². The Morgan fingerprint density at radius 1 is 1.17 bits per heavy atom. The molecule has 1 fully saturated rings. The van der Waals surface area contributed by atoms with E-state index >= 15 is 0 Å². The number of piperidine rings is 1. The van der Waals surface area contributed by atoms with Gasteiger partial charge in [0.15, 0.2) is 0 Å². The Morgan fingerprint density at radius 3 is 2.55 bits per heavy atom. The normalized spacial score (nSPS) is 16.8. The highest BCUT2D eigenvalue weighted by atomic mass is 16.5. The Hall–Kier alpha value is -3.22. The SMILES string of the molecule is Cc1noc(C)c1CC(=O)N1CCCC(c2ccc(-c3ccc(N)nc3)cn2)C1. The molecule has 1 atom stereocenters. The highest BCUT2D eigenvalue weighted by Crippen LogP contribution is 2.28. The number of pyridine rings is 2. The molecule has 0 saturated carbocycles. The van der Waals surface area contributed by atoms with Crippen LogP contribution >= 0.6 is 0 Å². The molecule has 150 valence electrons. The summed E-state index contributed by atoms with van der Waals surface area (Å²) in [6.07, 6.45) is 5.97. The Balaban J connectivity index is 1.44. The molecule has 0 aliphatic carbocycles. The third kappa shape index (κ3) is 4.13. The maximum Gasteiger partial charge on any atom is 0.227 e. The monoisotopic (exact) mass is 391 g/mol. The minimum absolute atomic E-state index is 0.119. The summed E-state index contributed by atoms with van der Waals surface area (Å²) in [5.74, 6) is 1.59. The minimum atomic E-state index is 0.119. The highest BCUT2D eigenvalue weighted by molar-refractivity contribution is 5.79. The van der Waals surface area contributed by atoms with Crippen LogP contribution in [0.5, 0.6) is 0 Å². The summed E-state index contributed by atoms with van der Waals surface area (Å²) in [4.78, 5) is 23.6. The number of nitrogen functional groups attached to an aromatic ring is 1. The fourth-order valence-electron chi connectivity index (χ4n) is 3.86. The van der Waals surface area contributed by atoms with Crippen LogP contribution in [0.4, 0.5) is 5.82 Å². The number of hydrogen-bond acceptors (Lipinski definition) is 6. The molecule has 3 aromatic rings. The van der Waals surface area contributed by atoms with E-state index in [-0.39, 0.29) is 11.8 Å². The van der Waals surface area contributed by atoms with Gasteiger partial charge in [-0.2, -0.15) is 0 Å². The van der Waals surface area contributed by atoms with Gasteiger partial charge >= 0.3 is 0 Å². The second-order valence-electron chi connectivity index (χ2n) is 7.60. The third-order valence-corrected chi connectivity index (χ3v) is 5.61. The average Bonchev–Trinajstić information content (AvgIpc) is 3.06. The number of amides is 1. The van der Waals surface area contributed by atoms with Gasteiger partial charge in [0.2, 0.25) is 5.91 Å². The van der Waals surface area contributed by atoms with E-state index in [1.165, 1.54) is 0 Å². The van der Waals surface area contributed by atoms with E-state index in [2.05, 4.69) is 27.3 Å². The predicted octanol–water partition coefficient (Wildman–Crippen LogP) is 3.28. The lowest BCUT2D eigenvalue weighted by Crippen LogP contribution is -2.40. The first-order chi connectivity index (χ1) is 14.0. The Kier molecular flexibility index (Phi) is 5.29. The summed E-state index contributed by atoms with van der Waals surface area (Å²) in [6, 6.07) is 7.83. The van der Waals surface area contributed by atoms with Crippen LogP contribution in [0.3, 0.4) is 0 Å². The molecule has 7 heteroatoms. The van der Waals surface area contributed by atoms with Crippen molar-refractivity contribution in [3.05, 3.63) is 59.4 Å². The summed E-state index contributed by atoms with van der Waals surface area (Å²) in [7, 11) is 0. The van der Waals surface area contributed by atoms with Gasteiger partial charge in [0, 0.05) is 53.8 Å². The van der Waals surface area contributed by atoms with Gasteiger partial charge < -0.3 is 15.2 Å². The van der Waals surface area contributed by atoms with Crippen LogP contribution in [0.2, 0.25) is 0 Å². The van der Waals surface area contributed by atoms with E-state index in [0.717, 1.165) is 53.2 Å². The fraction of sp³-hybridized carbons (Fsp3) is 0.364. The summed E-state index contributed by atoms with van der Waals surface area (Å²) < 4.78 is 5.19. The number of rotatable bonds is 4. The molecule has 0 radical (unpaired) electrons. The zero-order chi connectivity index (χ0) is 20.4. The van der Waals surface area contributed by atoms with E-state index < -0.39 is 0 Å². The molecule has 2 N–H and O–H groups in total. The number of anilines is 1. The van der Waals surface area contributed by atoms with Gasteiger partial charge in [0.1, 0.15) is 11.6 Å². The molecule has 4 rings (SSSR count). The van der Waals surface area contributed by atoms with Crippen molar-refractivity contribution in [3.63, 3.8) is 0 Å². The van der Waals surface area contributed by atoms with Crippen molar-refractivity contribution in [3.8, 4) is 11.1 Å². The third-order valence-electron chi connectivity index (χ3n) is 5.61. The first-order valence-corrected chi connectivity index (χ1v) is 9.88. The van der Waals surface area contributed by atoms with Gasteiger partial charge in [-0.25, -0.2) is 4.98 Å². The standard InChI is InChI=1S/C22H25N5O2/c1-14-19(15(2)29-26-14)10-22(28)27-9-3-4-18(13-27)20-7-5-16(11-24-20)17-6-8-21(23)25-12-17/h5-8,11-12,18H,3-4,9-10,13H2,1-2H3,(H2,23,25).